The van der Waals surface area contributed by atoms with Crippen LogP contribution in [0.1, 0.15) is 29.3 Å². The molecule has 0 saturated carbocycles. The number of furan rings is 1. The van der Waals surface area contributed by atoms with Gasteiger partial charge in [-0.1, -0.05) is 48.0 Å². The van der Waals surface area contributed by atoms with E-state index in [1.54, 1.807) is 36.4 Å². The molecule has 4 aromatic rings. The van der Waals surface area contributed by atoms with Crippen LogP contribution in [0.5, 0.6) is 0 Å². The van der Waals surface area contributed by atoms with Gasteiger partial charge in [0, 0.05) is 12.0 Å². The van der Waals surface area contributed by atoms with Crippen molar-refractivity contribution in [2.75, 3.05) is 6.61 Å². The van der Waals surface area contributed by atoms with Gasteiger partial charge in [-0.2, -0.15) is 9.78 Å². The highest BCUT2D eigenvalue weighted by Crippen LogP contribution is 2.33. The van der Waals surface area contributed by atoms with E-state index in [1.165, 1.54) is 11.3 Å². The van der Waals surface area contributed by atoms with E-state index in [0.29, 0.717) is 17.7 Å². The highest BCUT2D eigenvalue weighted by Gasteiger charge is 2.35. The average molecular weight is 486 g/mol. The molecule has 1 aliphatic heterocycles. The van der Waals surface area contributed by atoms with Gasteiger partial charge in [-0.25, -0.2) is 9.80 Å². The number of hydrogen-bond donors (Lipinski definition) is 0. The summed E-state index contributed by atoms with van der Waals surface area (Å²) in [4.78, 5) is 37.4. The number of aryl methyl sites for hydroxylation is 1. The maximum Gasteiger partial charge on any atom is 0.437 e. The van der Waals surface area contributed by atoms with E-state index < -0.39 is 36.8 Å². The predicted molar refractivity (Wildman–Crippen MR) is 128 cm³/mol. The maximum absolute atomic E-state index is 13.0. The topological polar surface area (TPSA) is 120 Å². The predicted octanol–water partition coefficient (Wildman–Crippen LogP) is 3.33. The molecule has 2 aromatic heterocycles. The summed E-state index contributed by atoms with van der Waals surface area (Å²) in [6.45, 7) is 0.937. The smallest absolute Gasteiger partial charge is 0.437 e. The standard InChI is InChI=1S/C26H22N4O6/c1-17-9-11-18(12-10-17)20-14-21(22-8-5-13-34-22)30(27-20)23(31)16-35-24(32)15-29-26(33)36-25(28-29)19-6-3-2-4-7-19/h2-13,21H,14-16H2,1H3/t21-/m0/s1. The van der Waals surface area contributed by atoms with Gasteiger partial charge in [0.2, 0.25) is 5.89 Å². The Bertz CT molecular complexity index is 1450. The van der Waals surface area contributed by atoms with Crippen LogP contribution in [0.25, 0.3) is 11.5 Å². The number of carbonyl (C=O) groups excluding carboxylic acids is 2. The van der Waals surface area contributed by atoms with Gasteiger partial charge < -0.3 is 13.6 Å². The molecule has 0 bridgehead atoms. The Hall–Kier alpha value is -4.73. The van der Waals surface area contributed by atoms with Crippen LogP contribution in [-0.2, 0) is 20.9 Å². The van der Waals surface area contributed by atoms with Crippen molar-refractivity contribution in [2.45, 2.75) is 25.9 Å². The fraction of sp³-hybridized carbons (Fsp3) is 0.192. The first-order chi connectivity index (χ1) is 17.5. The zero-order valence-corrected chi connectivity index (χ0v) is 19.4. The Morgan fingerprint density at radius 2 is 1.81 bits per heavy atom. The molecule has 10 nitrogen and oxygen atoms in total. The molecule has 0 saturated heterocycles. The van der Waals surface area contributed by atoms with Crippen LogP contribution in [0.3, 0.4) is 0 Å². The SMILES string of the molecule is Cc1ccc(C2=NN(C(=O)COC(=O)Cn3nc(-c4ccccc4)oc3=O)[C@H](c3ccco3)C2)cc1. The summed E-state index contributed by atoms with van der Waals surface area (Å²) in [6, 6.07) is 19.7. The van der Waals surface area contributed by atoms with Crippen molar-refractivity contribution in [2.24, 2.45) is 5.10 Å². The number of hydrogen-bond acceptors (Lipinski definition) is 8. The lowest BCUT2D eigenvalue weighted by Gasteiger charge is -2.19. The number of rotatable bonds is 7. The Labute approximate surface area is 205 Å². The van der Waals surface area contributed by atoms with E-state index >= 15 is 0 Å². The van der Waals surface area contributed by atoms with Gasteiger partial charge in [-0.3, -0.25) is 9.59 Å². The van der Waals surface area contributed by atoms with E-state index in [1.807, 2.05) is 37.3 Å². The summed E-state index contributed by atoms with van der Waals surface area (Å²) in [5, 5.41) is 9.81. The molecule has 10 heteroatoms. The van der Waals surface area contributed by atoms with Crippen molar-refractivity contribution < 1.29 is 23.2 Å². The van der Waals surface area contributed by atoms with Gasteiger partial charge in [0.05, 0.1) is 12.0 Å². The molecule has 3 heterocycles. The maximum atomic E-state index is 13.0. The Kier molecular flexibility index (Phi) is 6.31. The lowest BCUT2D eigenvalue weighted by atomic mass is 10.0. The number of ether oxygens (including phenoxy) is 1. The van der Waals surface area contributed by atoms with Crippen LogP contribution < -0.4 is 5.76 Å². The van der Waals surface area contributed by atoms with E-state index in [4.69, 9.17) is 13.6 Å². The minimum Gasteiger partial charge on any atom is -0.467 e. The third-order valence-electron chi connectivity index (χ3n) is 5.68. The van der Waals surface area contributed by atoms with Crippen molar-refractivity contribution >= 4 is 17.6 Å². The van der Waals surface area contributed by atoms with Crippen LogP contribution >= 0.6 is 0 Å². The molecule has 1 aliphatic rings. The van der Waals surface area contributed by atoms with E-state index in [-0.39, 0.29) is 5.89 Å². The minimum atomic E-state index is -0.810. The summed E-state index contributed by atoms with van der Waals surface area (Å²) in [6.07, 6.45) is 1.98. The van der Waals surface area contributed by atoms with E-state index in [0.717, 1.165) is 21.5 Å². The quantitative estimate of drug-likeness (QED) is 0.368. The molecule has 0 aliphatic carbocycles. The summed E-state index contributed by atoms with van der Waals surface area (Å²) in [5.41, 5.74) is 3.32. The second kappa shape index (κ2) is 9.87. The minimum absolute atomic E-state index is 0.0841. The fourth-order valence-electron chi connectivity index (χ4n) is 3.84. The highest BCUT2D eigenvalue weighted by atomic mass is 16.5. The number of esters is 1. The molecule has 0 radical (unpaired) electrons. The lowest BCUT2D eigenvalue weighted by Crippen LogP contribution is -2.32. The van der Waals surface area contributed by atoms with Crippen molar-refractivity contribution in [3.8, 4) is 11.5 Å². The zero-order chi connectivity index (χ0) is 25.1. The largest absolute Gasteiger partial charge is 0.467 e. The third kappa shape index (κ3) is 4.88. The number of aromatic nitrogens is 2. The van der Waals surface area contributed by atoms with Gasteiger partial charge in [0.15, 0.2) is 6.61 Å². The molecule has 0 N–H and O–H groups in total. The fourth-order valence-corrected chi connectivity index (χ4v) is 3.84. The van der Waals surface area contributed by atoms with Crippen molar-refractivity contribution in [1.29, 1.82) is 0 Å². The van der Waals surface area contributed by atoms with Gasteiger partial charge in [0.25, 0.3) is 5.91 Å². The Morgan fingerprint density at radius 1 is 1.03 bits per heavy atom. The number of carbonyl (C=O) groups is 2. The van der Waals surface area contributed by atoms with Crippen molar-refractivity contribution in [3.05, 3.63) is 100 Å². The third-order valence-corrected chi connectivity index (χ3v) is 5.68. The Morgan fingerprint density at radius 3 is 2.53 bits per heavy atom. The molecular weight excluding hydrogens is 464 g/mol. The van der Waals surface area contributed by atoms with Gasteiger partial charge in [0.1, 0.15) is 18.3 Å². The molecule has 182 valence electrons. The highest BCUT2D eigenvalue weighted by molar-refractivity contribution is 6.03. The molecule has 1 atom stereocenters. The molecule has 2 aromatic carbocycles. The molecule has 1 amide bonds. The second-order valence-electron chi connectivity index (χ2n) is 8.24. The number of amides is 1. The van der Waals surface area contributed by atoms with E-state index in [9.17, 15) is 14.4 Å². The summed E-state index contributed by atoms with van der Waals surface area (Å²) in [5.74, 6) is -1.48. The van der Waals surface area contributed by atoms with Crippen LogP contribution in [0.15, 0.2) is 91.7 Å². The second-order valence-corrected chi connectivity index (χ2v) is 8.24. The van der Waals surface area contributed by atoms with Crippen molar-refractivity contribution in [1.82, 2.24) is 14.8 Å². The molecule has 0 unspecified atom stereocenters. The lowest BCUT2D eigenvalue weighted by molar-refractivity contribution is -0.153. The number of hydrazone groups is 1. The van der Waals surface area contributed by atoms with Crippen LogP contribution in [0.4, 0.5) is 0 Å². The number of nitrogens with zero attached hydrogens (tertiary/aromatic N) is 4. The van der Waals surface area contributed by atoms with Crippen molar-refractivity contribution in [3.63, 3.8) is 0 Å². The molecule has 0 spiro atoms. The molecule has 0 fully saturated rings. The first-order valence-corrected chi connectivity index (χ1v) is 11.3. The molecular formula is C26H22N4O6. The van der Waals surface area contributed by atoms with Crippen LogP contribution in [0.2, 0.25) is 0 Å². The van der Waals surface area contributed by atoms with Crippen LogP contribution in [-0.4, -0.2) is 39.0 Å². The van der Waals surface area contributed by atoms with Crippen LogP contribution in [0, 0.1) is 6.92 Å². The van der Waals surface area contributed by atoms with E-state index in [2.05, 4.69) is 10.2 Å². The molecule has 5 rings (SSSR count). The number of benzene rings is 2. The van der Waals surface area contributed by atoms with Gasteiger partial charge in [-0.05, 0) is 36.8 Å². The normalized spacial score (nSPS) is 15.1. The van der Waals surface area contributed by atoms with Gasteiger partial charge in [-0.15, -0.1) is 5.10 Å². The monoisotopic (exact) mass is 486 g/mol. The van der Waals surface area contributed by atoms with Gasteiger partial charge >= 0.3 is 11.7 Å². The summed E-state index contributed by atoms with van der Waals surface area (Å²) < 4.78 is 16.6. The first kappa shape index (κ1) is 23.0. The first-order valence-electron chi connectivity index (χ1n) is 11.3. The average Bonchev–Trinajstić information content (AvgIpc) is 3.64. The molecule has 36 heavy (non-hydrogen) atoms. The summed E-state index contributed by atoms with van der Waals surface area (Å²) >= 11 is 0. The summed E-state index contributed by atoms with van der Waals surface area (Å²) in [7, 11) is 0. The Balaban J connectivity index is 1.26. The zero-order valence-electron chi connectivity index (χ0n) is 19.4.